The topological polar surface area (TPSA) is 64.7 Å². The highest BCUT2D eigenvalue weighted by atomic mass is 32.1. The first-order valence-electron chi connectivity index (χ1n) is 9.41. The van der Waals surface area contributed by atoms with E-state index in [9.17, 15) is 4.79 Å². The second kappa shape index (κ2) is 7.23. The number of aromatic nitrogens is 4. The van der Waals surface area contributed by atoms with Crippen LogP contribution in [0.15, 0.2) is 23.5 Å². The van der Waals surface area contributed by atoms with Crippen LogP contribution in [0.3, 0.4) is 0 Å². The summed E-state index contributed by atoms with van der Waals surface area (Å²) in [5, 5.41) is 4.26. The summed E-state index contributed by atoms with van der Waals surface area (Å²) in [4.78, 5) is 24.4. The van der Waals surface area contributed by atoms with E-state index in [0.29, 0.717) is 5.95 Å². The van der Waals surface area contributed by atoms with Gasteiger partial charge in [-0.2, -0.15) is 0 Å². The molecule has 3 aromatic rings. The molecule has 0 aliphatic heterocycles. The second-order valence-electron chi connectivity index (χ2n) is 7.18. The maximum atomic E-state index is 13.2. The van der Waals surface area contributed by atoms with Gasteiger partial charge in [-0.05, 0) is 51.5 Å². The van der Waals surface area contributed by atoms with Gasteiger partial charge in [-0.25, -0.2) is 9.97 Å². The highest BCUT2D eigenvalue weighted by Crippen LogP contribution is 2.34. The van der Waals surface area contributed by atoms with Gasteiger partial charge in [0.2, 0.25) is 5.95 Å². The molecule has 7 heteroatoms. The van der Waals surface area contributed by atoms with Crippen LogP contribution in [0.5, 0.6) is 0 Å². The smallest absolute Gasteiger partial charge is 0.264 e. The molecule has 0 radical (unpaired) electrons. The van der Waals surface area contributed by atoms with E-state index in [1.54, 1.807) is 17.5 Å². The number of aryl methyl sites for hydroxylation is 3. The molecular weight excluding hydrogens is 346 g/mol. The van der Waals surface area contributed by atoms with Crippen molar-refractivity contribution < 1.29 is 0 Å². The Bertz CT molecular complexity index is 955. The molecule has 0 unspecified atom stereocenters. The van der Waals surface area contributed by atoms with Gasteiger partial charge in [-0.15, -0.1) is 11.3 Å². The van der Waals surface area contributed by atoms with Crippen molar-refractivity contribution in [1.82, 2.24) is 19.1 Å². The highest BCUT2D eigenvalue weighted by molar-refractivity contribution is 7.18. The lowest BCUT2D eigenvalue weighted by Crippen LogP contribution is -2.27. The summed E-state index contributed by atoms with van der Waals surface area (Å²) >= 11 is 1.71. The first-order chi connectivity index (χ1) is 12.6. The number of nitrogens with zero attached hydrogens (tertiary/aromatic N) is 4. The van der Waals surface area contributed by atoms with Crippen LogP contribution < -0.4 is 10.9 Å². The van der Waals surface area contributed by atoms with Gasteiger partial charge < -0.3 is 9.88 Å². The monoisotopic (exact) mass is 371 g/mol. The van der Waals surface area contributed by atoms with Crippen molar-refractivity contribution in [2.45, 2.75) is 58.5 Å². The van der Waals surface area contributed by atoms with Crippen LogP contribution in [0, 0.1) is 0 Å². The lowest BCUT2D eigenvalue weighted by atomic mass is 9.97. The van der Waals surface area contributed by atoms with E-state index < -0.39 is 0 Å². The Morgan fingerprint density at radius 2 is 2.15 bits per heavy atom. The van der Waals surface area contributed by atoms with Crippen LogP contribution in [-0.4, -0.2) is 25.6 Å². The molecule has 0 atom stereocenters. The molecule has 0 saturated heterocycles. The summed E-state index contributed by atoms with van der Waals surface area (Å²) in [5.41, 5.74) is 1.37. The van der Waals surface area contributed by atoms with Crippen molar-refractivity contribution in [2.75, 3.05) is 11.9 Å². The summed E-state index contributed by atoms with van der Waals surface area (Å²) in [5.74, 6) is 0.696. The van der Waals surface area contributed by atoms with Crippen molar-refractivity contribution in [3.63, 3.8) is 0 Å². The largest absolute Gasteiger partial charge is 0.355 e. The molecule has 3 heterocycles. The third-order valence-electron chi connectivity index (χ3n) is 4.97. The summed E-state index contributed by atoms with van der Waals surface area (Å²) in [6.07, 6.45) is 11.0. The molecule has 4 rings (SSSR count). The Balaban J connectivity index is 1.62. The Kier molecular flexibility index (Phi) is 4.80. The Labute approximate surface area is 156 Å². The summed E-state index contributed by atoms with van der Waals surface area (Å²) in [6, 6.07) is 0.0784. The normalized spacial score (nSPS) is 14.1. The van der Waals surface area contributed by atoms with E-state index in [1.165, 1.54) is 23.3 Å². The Hall–Kier alpha value is -2.15. The maximum absolute atomic E-state index is 13.2. The summed E-state index contributed by atoms with van der Waals surface area (Å²) in [6.45, 7) is 5.76. The minimum absolute atomic E-state index is 0.0784. The third-order valence-corrected chi connectivity index (χ3v) is 6.16. The molecule has 138 valence electrons. The van der Waals surface area contributed by atoms with Gasteiger partial charge in [-0.1, -0.05) is 0 Å². The third kappa shape index (κ3) is 3.16. The Morgan fingerprint density at radius 3 is 2.92 bits per heavy atom. The number of rotatable bonds is 6. The zero-order chi connectivity index (χ0) is 18.1. The van der Waals surface area contributed by atoms with E-state index in [4.69, 9.17) is 4.98 Å². The van der Waals surface area contributed by atoms with Gasteiger partial charge in [0.15, 0.2) is 0 Å². The van der Waals surface area contributed by atoms with Gasteiger partial charge in [0.1, 0.15) is 4.83 Å². The highest BCUT2D eigenvalue weighted by Gasteiger charge is 2.22. The van der Waals surface area contributed by atoms with E-state index >= 15 is 0 Å². The average molecular weight is 372 g/mol. The number of hydrogen-bond donors (Lipinski definition) is 1. The van der Waals surface area contributed by atoms with Crippen molar-refractivity contribution in [3.8, 4) is 0 Å². The number of thiophene rings is 1. The minimum Gasteiger partial charge on any atom is -0.355 e. The van der Waals surface area contributed by atoms with E-state index in [0.717, 1.165) is 42.6 Å². The maximum Gasteiger partial charge on any atom is 0.264 e. The second-order valence-corrected chi connectivity index (χ2v) is 8.26. The molecule has 6 nitrogen and oxygen atoms in total. The zero-order valence-corrected chi connectivity index (χ0v) is 16.2. The van der Waals surface area contributed by atoms with Crippen LogP contribution in [0.25, 0.3) is 10.2 Å². The van der Waals surface area contributed by atoms with E-state index in [-0.39, 0.29) is 11.6 Å². The van der Waals surface area contributed by atoms with Crippen LogP contribution in [0.1, 0.15) is 49.6 Å². The molecule has 1 aliphatic carbocycles. The van der Waals surface area contributed by atoms with Crippen LogP contribution >= 0.6 is 11.3 Å². The molecule has 0 fully saturated rings. The van der Waals surface area contributed by atoms with Gasteiger partial charge >= 0.3 is 0 Å². The van der Waals surface area contributed by atoms with Crippen molar-refractivity contribution in [2.24, 2.45) is 0 Å². The van der Waals surface area contributed by atoms with Gasteiger partial charge in [0.25, 0.3) is 5.56 Å². The molecule has 0 bridgehead atoms. The van der Waals surface area contributed by atoms with Crippen molar-refractivity contribution in [1.29, 1.82) is 0 Å². The average Bonchev–Trinajstić information content (AvgIpc) is 3.25. The number of fused-ring (bicyclic) bond motifs is 3. The van der Waals surface area contributed by atoms with E-state index in [1.807, 2.05) is 30.9 Å². The van der Waals surface area contributed by atoms with Gasteiger partial charge in [0, 0.05) is 36.4 Å². The Morgan fingerprint density at radius 1 is 1.31 bits per heavy atom. The van der Waals surface area contributed by atoms with Crippen LogP contribution in [-0.2, 0) is 19.4 Å². The summed E-state index contributed by atoms with van der Waals surface area (Å²) in [7, 11) is 0. The van der Waals surface area contributed by atoms with Gasteiger partial charge in [-0.3, -0.25) is 9.36 Å². The SMILES string of the molecule is CC(C)n1c(NCCCn2ccnc2)nc2sc3c(c2c1=O)CCCC3. The number of imidazole rings is 1. The fraction of sp³-hybridized carbons (Fsp3) is 0.526. The lowest BCUT2D eigenvalue weighted by Gasteiger charge is -2.17. The number of hydrogen-bond acceptors (Lipinski definition) is 5. The fourth-order valence-corrected chi connectivity index (χ4v) is 4.95. The first-order valence-corrected chi connectivity index (χ1v) is 10.2. The zero-order valence-electron chi connectivity index (χ0n) is 15.4. The molecule has 1 N–H and O–H groups in total. The quantitative estimate of drug-likeness (QED) is 0.672. The standard InChI is InChI=1S/C19H25N5OS/c1-13(2)24-18(25)16-14-6-3-4-7-15(14)26-17(16)22-19(24)21-8-5-10-23-11-9-20-12-23/h9,11-13H,3-8,10H2,1-2H3,(H,21,22). The molecule has 26 heavy (non-hydrogen) atoms. The predicted molar refractivity (Wildman–Crippen MR) is 106 cm³/mol. The summed E-state index contributed by atoms with van der Waals surface area (Å²) < 4.78 is 3.88. The molecule has 0 aromatic carbocycles. The lowest BCUT2D eigenvalue weighted by molar-refractivity contribution is 0.575. The fourth-order valence-electron chi connectivity index (χ4n) is 3.70. The van der Waals surface area contributed by atoms with Crippen LogP contribution in [0.4, 0.5) is 5.95 Å². The molecule has 0 amide bonds. The minimum atomic E-state index is 0.0784. The first kappa shape index (κ1) is 17.3. The molecule has 0 spiro atoms. The van der Waals surface area contributed by atoms with Gasteiger partial charge in [0.05, 0.1) is 11.7 Å². The van der Waals surface area contributed by atoms with E-state index in [2.05, 4.69) is 14.9 Å². The molecule has 1 aliphatic rings. The molecular formula is C19H25N5OS. The predicted octanol–water partition coefficient (Wildman–Crippen LogP) is 3.62. The van der Waals surface area contributed by atoms with Crippen molar-refractivity contribution in [3.05, 3.63) is 39.5 Å². The molecule has 3 aromatic heterocycles. The van der Waals surface area contributed by atoms with Crippen LogP contribution in [0.2, 0.25) is 0 Å². The number of anilines is 1. The van der Waals surface area contributed by atoms with Crippen molar-refractivity contribution >= 4 is 27.5 Å². The number of nitrogens with one attached hydrogen (secondary N) is 1. The molecule has 0 saturated carbocycles.